The lowest BCUT2D eigenvalue weighted by Gasteiger charge is -2.11. The highest BCUT2D eigenvalue weighted by Gasteiger charge is 2.27. The van der Waals surface area contributed by atoms with E-state index >= 15 is 0 Å². The van der Waals surface area contributed by atoms with Crippen molar-refractivity contribution in [1.29, 1.82) is 0 Å². The van der Waals surface area contributed by atoms with E-state index in [9.17, 15) is 26.7 Å². The second-order valence-electron chi connectivity index (χ2n) is 8.02. The quantitative estimate of drug-likeness (QED) is 0.1000. The fraction of sp³-hybridized carbons (Fsp3) is 0.348. The van der Waals surface area contributed by atoms with Gasteiger partial charge in [-0.2, -0.15) is 5.10 Å². The number of nitrogens with zero attached hydrogens (tertiary/aromatic N) is 2. The van der Waals surface area contributed by atoms with Crippen molar-refractivity contribution in [2.75, 3.05) is 17.2 Å². The van der Waals surface area contributed by atoms with Gasteiger partial charge in [0.2, 0.25) is 5.82 Å². The van der Waals surface area contributed by atoms with Crippen molar-refractivity contribution in [3.8, 4) is 0 Å². The number of anilines is 2. The number of benzene rings is 1. The minimum absolute atomic E-state index is 0.0958. The van der Waals surface area contributed by atoms with Crippen LogP contribution in [-0.4, -0.2) is 27.5 Å². The number of ether oxygens (including phenoxy) is 1. The molecule has 0 saturated carbocycles. The minimum atomic E-state index is -2.22. The van der Waals surface area contributed by atoms with Gasteiger partial charge in [0.1, 0.15) is 5.00 Å². The SMILES string of the molecule is CCOC(=O)c1c(NC(=S)Nc2ccn(Cc3c(F)c(F)c(F)c(F)c3F)n2)sc2c1CCCCC2. The first-order valence-electron chi connectivity index (χ1n) is 11.1. The molecule has 0 spiro atoms. The molecule has 1 aromatic carbocycles. The normalized spacial score (nSPS) is 13.2. The van der Waals surface area contributed by atoms with Crippen LogP contribution in [0.1, 0.15) is 52.5 Å². The Morgan fingerprint density at radius 2 is 1.72 bits per heavy atom. The highest BCUT2D eigenvalue weighted by molar-refractivity contribution is 7.80. The molecule has 0 aliphatic heterocycles. The van der Waals surface area contributed by atoms with E-state index in [2.05, 4.69) is 15.7 Å². The predicted molar refractivity (Wildman–Crippen MR) is 129 cm³/mol. The first-order chi connectivity index (χ1) is 17.2. The molecule has 2 N–H and O–H groups in total. The zero-order valence-electron chi connectivity index (χ0n) is 19.0. The van der Waals surface area contributed by atoms with Crippen LogP contribution in [0.25, 0.3) is 0 Å². The smallest absolute Gasteiger partial charge is 0.341 e. The number of thiocarbonyl (C=S) groups is 1. The summed E-state index contributed by atoms with van der Waals surface area (Å²) in [6.45, 7) is 1.26. The molecule has 6 nitrogen and oxygen atoms in total. The van der Waals surface area contributed by atoms with E-state index < -0.39 is 47.2 Å². The lowest BCUT2D eigenvalue weighted by atomic mass is 10.1. The molecule has 0 unspecified atom stereocenters. The van der Waals surface area contributed by atoms with Gasteiger partial charge in [-0.15, -0.1) is 11.3 Å². The highest BCUT2D eigenvalue weighted by Crippen LogP contribution is 2.38. The summed E-state index contributed by atoms with van der Waals surface area (Å²) in [7, 11) is 0. The van der Waals surface area contributed by atoms with Crippen LogP contribution in [0.5, 0.6) is 0 Å². The average molecular weight is 545 g/mol. The van der Waals surface area contributed by atoms with E-state index in [0.717, 1.165) is 47.2 Å². The van der Waals surface area contributed by atoms with E-state index in [1.165, 1.54) is 23.6 Å². The molecule has 2 heterocycles. The van der Waals surface area contributed by atoms with Crippen LogP contribution in [0.4, 0.5) is 32.8 Å². The lowest BCUT2D eigenvalue weighted by molar-refractivity contribution is 0.0527. The summed E-state index contributed by atoms with van der Waals surface area (Å²) >= 11 is 6.78. The van der Waals surface area contributed by atoms with Crippen LogP contribution in [0.15, 0.2) is 12.3 Å². The number of carbonyl (C=O) groups is 1. The van der Waals surface area contributed by atoms with Crippen molar-refractivity contribution in [2.24, 2.45) is 0 Å². The van der Waals surface area contributed by atoms with E-state index in [1.54, 1.807) is 6.92 Å². The average Bonchev–Trinajstić information content (AvgIpc) is 3.35. The summed E-state index contributed by atoms with van der Waals surface area (Å²) in [4.78, 5) is 13.8. The maximum Gasteiger partial charge on any atom is 0.341 e. The molecule has 2 aromatic heterocycles. The van der Waals surface area contributed by atoms with Gasteiger partial charge in [0.15, 0.2) is 34.2 Å². The van der Waals surface area contributed by atoms with Crippen molar-refractivity contribution in [2.45, 2.75) is 45.6 Å². The van der Waals surface area contributed by atoms with Crippen molar-refractivity contribution in [3.63, 3.8) is 0 Å². The van der Waals surface area contributed by atoms with Gasteiger partial charge in [-0.05, 0) is 50.4 Å². The summed E-state index contributed by atoms with van der Waals surface area (Å²) in [5, 5.41) is 10.5. The molecule has 192 valence electrons. The summed E-state index contributed by atoms with van der Waals surface area (Å²) < 4.78 is 74.4. The summed E-state index contributed by atoms with van der Waals surface area (Å²) in [6, 6.07) is 1.41. The summed E-state index contributed by atoms with van der Waals surface area (Å²) in [5.74, 6) is -10.4. The topological polar surface area (TPSA) is 68.2 Å². The Labute approximate surface area is 212 Å². The molecule has 0 bridgehead atoms. The molecule has 0 amide bonds. The van der Waals surface area contributed by atoms with Crippen LogP contribution >= 0.6 is 23.6 Å². The standard InChI is InChI=1S/C23H21F5N4O2S2/c1-2-34-22(33)15-11-6-4-3-5-7-13(11)36-21(15)30-23(35)29-14-8-9-32(31-14)10-12-16(24)18(26)20(28)19(27)17(12)25/h8-9H,2-7,10H2,1H3,(H2,29,30,31,35). The Kier molecular flexibility index (Phi) is 7.88. The first-order valence-corrected chi connectivity index (χ1v) is 12.4. The van der Waals surface area contributed by atoms with Gasteiger partial charge in [0.05, 0.1) is 24.3 Å². The highest BCUT2D eigenvalue weighted by atomic mass is 32.1. The lowest BCUT2D eigenvalue weighted by Crippen LogP contribution is -2.21. The van der Waals surface area contributed by atoms with Crippen molar-refractivity contribution in [1.82, 2.24) is 9.78 Å². The molecular weight excluding hydrogens is 523 g/mol. The number of fused-ring (bicyclic) bond motifs is 1. The molecule has 0 fully saturated rings. The molecule has 1 aliphatic carbocycles. The van der Waals surface area contributed by atoms with E-state index in [1.807, 2.05) is 0 Å². The van der Waals surface area contributed by atoms with Gasteiger partial charge >= 0.3 is 5.97 Å². The number of halogens is 5. The zero-order valence-corrected chi connectivity index (χ0v) is 20.7. The third-order valence-electron chi connectivity index (χ3n) is 5.63. The Hall–Kier alpha value is -3.06. The molecule has 0 atom stereocenters. The molecule has 36 heavy (non-hydrogen) atoms. The number of aromatic nitrogens is 2. The number of hydrogen-bond acceptors (Lipinski definition) is 5. The zero-order chi connectivity index (χ0) is 26.0. The molecule has 13 heteroatoms. The number of rotatable bonds is 6. The predicted octanol–water partition coefficient (Wildman–Crippen LogP) is 5.94. The number of esters is 1. The van der Waals surface area contributed by atoms with Crippen LogP contribution in [0.2, 0.25) is 0 Å². The Bertz CT molecular complexity index is 1300. The second kappa shape index (κ2) is 10.9. The largest absolute Gasteiger partial charge is 0.462 e. The van der Waals surface area contributed by atoms with Crippen LogP contribution in [0, 0.1) is 29.1 Å². The van der Waals surface area contributed by atoms with Crippen LogP contribution < -0.4 is 10.6 Å². The Morgan fingerprint density at radius 3 is 2.42 bits per heavy atom. The third kappa shape index (κ3) is 5.21. The monoisotopic (exact) mass is 544 g/mol. The summed E-state index contributed by atoms with van der Waals surface area (Å²) in [5.41, 5.74) is 0.411. The fourth-order valence-electron chi connectivity index (χ4n) is 3.97. The molecular formula is C23H21F5N4O2S2. The van der Waals surface area contributed by atoms with E-state index in [0.29, 0.717) is 10.6 Å². The van der Waals surface area contributed by atoms with Crippen molar-refractivity contribution in [3.05, 3.63) is 62.9 Å². The first kappa shape index (κ1) is 26.0. The Balaban J connectivity index is 1.50. The Morgan fingerprint density at radius 1 is 1.06 bits per heavy atom. The van der Waals surface area contributed by atoms with E-state index in [-0.39, 0.29) is 17.5 Å². The third-order valence-corrected chi connectivity index (χ3v) is 7.04. The maximum atomic E-state index is 14.0. The van der Waals surface area contributed by atoms with Gasteiger partial charge in [-0.3, -0.25) is 4.68 Å². The fourth-order valence-corrected chi connectivity index (χ4v) is 5.52. The van der Waals surface area contributed by atoms with Gasteiger partial charge in [-0.25, -0.2) is 26.7 Å². The molecule has 4 rings (SSSR count). The minimum Gasteiger partial charge on any atom is -0.462 e. The van der Waals surface area contributed by atoms with Gasteiger partial charge in [-0.1, -0.05) is 6.42 Å². The van der Waals surface area contributed by atoms with Gasteiger partial charge < -0.3 is 15.4 Å². The van der Waals surface area contributed by atoms with Crippen molar-refractivity contribution >= 4 is 45.5 Å². The van der Waals surface area contributed by atoms with Gasteiger partial charge in [0, 0.05) is 17.1 Å². The number of thiophene rings is 1. The second-order valence-corrected chi connectivity index (χ2v) is 9.53. The van der Waals surface area contributed by atoms with Crippen LogP contribution in [0.3, 0.4) is 0 Å². The molecule has 0 saturated heterocycles. The van der Waals surface area contributed by atoms with Crippen LogP contribution in [-0.2, 0) is 24.1 Å². The number of hydrogen-bond donors (Lipinski definition) is 2. The number of carbonyl (C=O) groups excluding carboxylic acids is 1. The molecule has 3 aromatic rings. The molecule has 0 radical (unpaired) electrons. The van der Waals surface area contributed by atoms with E-state index in [4.69, 9.17) is 17.0 Å². The van der Waals surface area contributed by atoms with Gasteiger partial charge in [0.25, 0.3) is 0 Å². The molecule has 1 aliphatic rings. The summed E-state index contributed by atoms with van der Waals surface area (Å²) in [6.07, 6.45) is 6.00. The number of nitrogens with one attached hydrogen (secondary N) is 2. The number of aryl methyl sites for hydroxylation is 1. The maximum absolute atomic E-state index is 14.0. The van der Waals surface area contributed by atoms with Crippen molar-refractivity contribution < 1.29 is 31.5 Å².